The molecule has 0 aliphatic rings. The number of nitrogens with zero attached hydrogens (tertiary/aromatic N) is 9. The third-order valence-corrected chi connectivity index (χ3v) is 16.2. The Kier molecular flexibility index (Phi) is 25.7. The van der Waals surface area contributed by atoms with E-state index >= 15 is 4.39 Å². The molecule has 4 amide bonds. The van der Waals surface area contributed by atoms with Crippen LogP contribution >= 0.6 is 22.7 Å². The number of unbranched alkanes of at least 4 members (excludes halogenated alkanes) is 2. The van der Waals surface area contributed by atoms with Crippen LogP contribution in [0, 0.1) is 5.82 Å². The van der Waals surface area contributed by atoms with Gasteiger partial charge in [0, 0.05) is 44.5 Å². The fourth-order valence-corrected chi connectivity index (χ4v) is 11.3. The van der Waals surface area contributed by atoms with Crippen LogP contribution < -0.4 is 26.6 Å². The van der Waals surface area contributed by atoms with Crippen LogP contribution in [0.15, 0.2) is 121 Å². The normalized spacial score (nSPS) is 12.8. The number of benzene rings is 4. The Labute approximate surface area is 544 Å². The minimum Gasteiger partial charge on any atom is -0.444 e. The van der Waals surface area contributed by atoms with Crippen molar-refractivity contribution >= 4 is 68.4 Å². The summed E-state index contributed by atoms with van der Waals surface area (Å²) >= 11 is 2.84. The van der Waals surface area contributed by atoms with Gasteiger partial charge >= 0.3 is 6.09 Å². The first-order valence-corrected chi connectivity index (χ1v) is 32.4. The molecule has 0 aliphatic carbocycles. The molecule has 4 heterocycles. The molecule has 0 aliphatic heterocycles. The molecule has 8 aromatic rings. The minimum atomic E-state index is -1.11. The Morgan fingerprint density at radius 2 is 1.18 bits per heavy atom. The van der Waals surface area contributed by atoms with Gasteiger partial charge in [-0.05, 0) is 151 Å². The van der Waals surface area contributed by atoms with Gasteiger partial charge in [0.05, 0.1) is 42.8 Å². The molecule has 0 saturated carbocycles. The highest BCUT2D eigenvalue weighted by molar-refractivity contribution is 7.15. The van der Waals surface area contributed by atoms with E-state index in [1.807, 2.05) is 87.5 Å². The Morgan fingerprint density at radius 1 is 0.598 bits per heavy atom. The van der Waals surface area contributed by atoms with Crippen molar-refractivity contribution in [2.24, 2.45) is 0 Å². The number of amides is 4. The number of rotatable bonds is 33. The average Bonchev–Trinajstić information content (AvgIpc) is 1.29. The van der Waals surface area contributed by atoms with Gasteiger partial charge in [0.2, 0.25) is 34.4 Å². The molecule has 4 aromatic carbocycles. The summed E-state index contributed by atoms with van der Waals surface area (Å²) in [6.07, 6.45) is 4.51. The summed E-state index contributed by atoms with van der Waals surface area (Å²) < 4.78 is 32.8. The first-order valence-electron chi connectivity index (χ1n) is 30.8. The molecule has 6 N–H and O–H groups in total. The second-order valence-electron chi connectivity index (χ2n) is 23.7. The van der Waals surface area contributed by atoms with E-state index in [-0.39, 0.29) is 67.3 Å². The number of nitrogens with one attached hydrogen (secondary N) is 5. The molecule has 0 fully saturated rings. The number of hydrogen-bond acceptors (Lipinski definition) is 20. The number of aliphatic hydroxyl groups excluding tert-OH is 1. The summed E-state index contributed by atoms with van der Waals surface area (Å²) in [7, 11) is 1.67. The zero-order valence-corrected chi connectivity index (χ0v) is 54.8. The lowest BCUT2D eigenvalue weighted by molar-refractivity contribution is -0.154. The van der Waals surface area contributed by atoms with Crippen LogP contribution in [-0.4, -0.2) is 106 Å². The fraction of sp³-hybridized carbons (Fsp3) is 0.403. The van der Waals surface area contributed by atoms with Crippen molar-refractivity contribution in [2.75, 3.05) is 28.4 Å². The van der Waals surface area contributed by atoms with Gasteiger partial charge in [-0.15, -0.1) is 30.6 Å². The molecule has 8 rings (SSSR count). The lowest BCUT2D eigenvalue weighted by atomic mass is 9.97. The molecular formula is C67H81FN14O8S2. The Morgan fingerprint density at radius 3 is 1.82 bits per heavy atom. The molecule has 0 saturated heterocycles. The van der Waals surface area contributed by atoms with Crippen molar-refractivity contribution in [2.45, 2.75) is 168 Å². The first-order chi connectivity index (χ1) is 44.2. The highest BCUT2D eigenvalue weighted by atomic mass is 32.1. The van der Waals surface area contributed by atoms with Gasteiger partial charge in [-0.1, -0.05) is 114 Å². The highest BCUT2D eigenvalue weighted by Crippen LogP contribution is 2.27. The molecule has 4 unspecified atom stereocenters. The van der Waals surface area contributed by atoms with Gasteiger partial charge < -0.3 is 40.6 Å². The topological polar surface area (TPSA) is 283 Å². The van der Waals surface area contributed by atoms with E-state index in [9.17, 15) is 24.3 Å². The highest BCUT2D eigenvalue weighted by Gasteiger charge is 2.26. The van der Waals surface area contributed by atoms with Gasteiger partial charge in [0.1, 0.15) is 27.7 Å². The summed E-state index contributed by atoms with van der Waals surface area (Å²) in [5.41, 5.74) is 5.52. The second-order valence-corrected chi connectivity index (χ2v) is 25.8. The van der Waals surface area contributed by atoms with E-state index in [2.05, 4.69) is 79.5 Å². The summed E-state index contributed by atoms with van der Waals surface area (Å²) in [4.78, 5) is 55.0. The van der Waals surface area contributed by atoms with E-state index in [4.69, 9.17) is 14.2 Å². The van der Waals surface area contributed by atoms with Gasteiger partial charge in [-0.3, -0.25) is 24.6 Å². The number of ether oxygens (including phenoxy) is 3. The molecule has 486 valence electrons. The molecule has 22 nitrogen and oxygen atoms in total. The molecule has 0 radical (unpaired) electrons. The number of halogens is 1. The summed E-state index contributed by atoms with van der Waals surface area (Å²) in [5.74, 6) is -1.63. The number of aromatic nitrogens is 8. The van der Waals surface area contributed by atoms with Crippen LogP contribution in [0.25, 0.3) is 0 Å². The molecule has 4 aromatic heterocycles. The Bertz CT molecular complexity index is 3670. The van der Waals surface area contributed by atoms with Crippen molar-refractivity contribution < 1.29 is 42.9 Å². The monoisotopic (exact) mass is 1290 g/mol. The predicted molar refractivity (Wildman–Crippen MR) is 352 cm³/mol. The van der Waals surface area contributed by atoms with Crippen molar-refractivity contribution in [1.82, 2.24) is 51.0 Å². The Balaban J connectivity index is 0.760. The molecule has 0 bridgehead atoms. The van der Waals surface area contributed by atoms with Crippen LogP contribution in [0.3, 0.4) is 0 Å². The molecule has 4 atom stereocenters. The van der Waals surface area contributed by atoms with Crippen LogP contribution in [-0.2, 0) is 86.6 Å². The second kappa shape index (κ2) is 34.2. The number of anilines is 4. The maximum Gasteiger partial charge on any atom is 0.410 e. The quantitative estimate of drug-likeness (QED) is 0.0165. The average molecular weight is 1290 g/mol. The van der Waals surface area contributed by atoms with Crippen molar-refractivity contribution in [3.8, 4) is 0 Å². The van der Waals surface area contributed by atoms with Crippen LogP contribution in [0.4, 0.5) is 31.1 Å². The Hall–Kier alpha value is -8.59. The van der Waals surface area contributed by atoms with Gasteiger partial charge in [-0.2, -0.15) is 10.2 Å². The number of aryl methyl sites for hydroxylation is 4. The van der Waals surface area contributed by atoms with Gasteiger partial charge in [-0.25, -0.2) is 9.18 Å². The lowest BCUT2D eigenvalue weighted by Gasteiger charge is -2.28. The largest absolute Gasteiger partial charge is 0.444 e. The first kappa shape index (κ1) is 69.3. The predicted octanol–water partition coefficient (Wildman–Crippen LogP) is 11.3. The number of carbonyl (C=O) groups is 4. The van der Waals surface area contributed by atoms with E-state index in [0.717, 1.165) is 70.2 Å². The third-order valence-electron chi connectivity index (χ3n) is 14.4. The van der Waals surface area contributed by atoms with Crippen LogP contribution in [0.2, 0.25) is 0 Å². The fourth-order valence-electron chi connectivity index (χ4n) is 9.68. The smallest absolute Gasteiger partial charge is 0.410 e. The molecule has 92 heavy (non-hydrogen) atoms. The number of carbonyl (C=O) groups excluding carboxylic acids is 4. The van der Waals surface area contributed by atoms with Crippen LogP contribution in [0.5, 0.6) is 0 Å². The van der Waals surface area contributed by atoms with E-state index in [1.165, 1.54) is 33.6 Å². The zero-order chi connectivity index (χ0) is 65.6. The molecular weight excluding hydrogens is 1210 g/mol. The maximum atomic E-state index is 15.7. The van der Waals surface area contributed by atoms with E-state index < -0.39 is 35.9 Å². The van der Waals surface area contributed by atoms with Gasteiger partial charge in [0.25, 0.3) is 0 Å². The summed E-state index contributed by atoms with van der Waals surface area (Å²) in [6.45, 7) is 12.5. The third kappa shape index (κ3) is 23.0. The SMILES string of the molecule is COC(Cc1ccccc1)Nc1nnc(CCCCc2ccc(NC(=O)C(C)c3ccc(F)c(CN(Cc4cccc(CC(=O)Nc5ccc(CCCCc6nnc(NC(=O)Cc7cccc(C(C)OC(O)NC(C)C)c7)s6)nn5)c4)C(=O)OC(C)(C)C)c3)nn2)s1. The number of methoxy groups -OCH3 is 1. The number of hydrogen-bond donors (Lipinski definition) is 6. The molecule has 25 heteroatoms. The van der Waals surface area contributed by atoms with Crippen molar-refractivity contribution in [1.29, 1.82) is 0 Å². The molecule has 0 spiro atoms. The summed E-state index contributed by atoms with van der Waals surface area (Å²) in [5, 5.41) is 61.9. The van der Waals surface area contributed by atoms with Crippen molar-refractivity contribution in [3.05, 3.63) is 187 Å². The van der Waals surface area contributed by atoms with Crippen LogP contribution in [0.1, 0.15) is 147 Å². The summed E-state index contributed by atoms with van der Waals surface area (Å²) in [6, 6.07) is 36.3. The maximum absolute atomic E-state index is 15.7. The van der Waals surface area contributed by atoms with Gasteiger partial charge in [0.15, 0.2) is 11.6 Å². The minimum absolute atomic E-state index is 0.000999. The van der Waals surface area contributed by atoms with Crippen molar-refractivity contribution in [3.63, 3.8) is 0 Å². The van der Waals surface area contributed by atoms with E-state index in [1.54, 1.807) is 71.2 Å². The lowest BCUT2D eigenvalue weighted by Crippen LogP contribution is -2.37. The number of aliphatic hydroxyl groups is 1. The zero-order valence-electron chi connectivity index (χ0n) is 53.2. The standard InChI is InChI=1S/C67H81FN14O8S2/c1-42(2)69-65(86)89-44(4)50-23-17-21-47(35-50)37-58(84)72-63-80-78-60(91-63)26-14-12-24-52-29-32-55(76-74-52)70-57(83)36-46-20-16-22-48(34-46)40-82(66(87)90-67(5,6)7)41-51-39-49(28-31-54(51)68)43(3)62(85)71-56-33-30-53(75-77-56)25-13-15-27-61-79-81-64(92-61)73-59(88-8)38-45-18-10-9-11-19-45/h9-11,16-23,28-35,39,42-44,59,65,69,86H,12-15,24-27,36-38,40-41H2,1-8H3,(H,73,81)(H,70,76,83)(H,71,77,85)(H,72,80,84). The van der Waals surface area contributed by atoms with E-state index in [0.29, 0.717) is 58.5 Å².